The number of cyclic esters (lactones) is 1. The molecule has 11 rings (SSSR count). The Hall–Kier alpha value is -4.89. The fraction of sp³-hybridized carbons (Fsp3) is 0.868. The van der Waals surface area contributed by atoms with E-state index in [0.717, 1.165) is 38.2 Å². The lowest BCUT2D eigenvalue weighted by Gasteiger charge is -2.32. The van der Waals surface area contributed by atoms with Crippen LogP contribution in [0.15, 0.2) is 0 Å². The number of methoxy groups -OCH3 is 2. The normalized spacial score (nSPS) is 33.1. The Kier molecular flexibility index (Phi) is 32.0. The van der Waals surface area contributed by atoms with E-state index in [2.05, 4.69) is 4.74 Å². The van der Waals surface area contributed by atoms with Crippen molar-refractivity contribution in [2.75, 3.05) is 20.8 Å². The maximum atomic E-state index is 12.4. The summed E-state index contributed by atoms with van der Waals surface area (Å²) in [5, 5.41) is 0. The van der Waals surface area contributed by atoms with Gasteiger partial charge in [-0.1, -0.05) is 87.1 Å². The van der Waals surface area contributed by atoms with E-state index >= 15 is 0 Å². The molecule has 0 aromatic heterocycles. The smallest absolute Gasteiger partial charge is 0.350 e. The zero-order valence-corrected chi connectivity index (χ0v) is 50.5. The van der Waals surface area contributed by atoms with Crippen LogP contribution in [0.4, 0.5) is 0 Å². The Bertz CT molecular complexity index is 2390. The summed E-state index contributed by atoms with van der Waals surface area (Å²) in [5.41, 5.74) is -2.10. The number of carbonyl (C=O) groups is 9. The second-order valence-electron chi connectivity index (χ2n) is 26.7. The van der Waals surface area contributed by atoms with Crippen LogP contribution in [0.2, 0.25) is 0 Å². The van der Waals surface area contributed by atoms with Crippen LogP contribution in [0.3, 0.4) is 0 Å². The predicted molar refractivity (Wildman–Crippen MR) is 337 cm³/mol. The average molecular weight is 1280 g/mol. The maximum Gasteiger partial charge on any atom is 0.350 e. The first-order chi connectivity index (χ1) is 37.8. The van der Waals surface area contributed by atoms with Crippen LogP contribution in [0, 0.1) is 74.9 Å². The standard InChI is InChI=1S/C16H22O6.C15H22O7.C13H20O4.C9H12O2.C7H14O2.8CH4/c1-5-16(2,3)15(19)22-12-7-6-8-10(9(7)13(17)20-4)14(18)21-11(8)12;1-6-14(2,3)13(17)20-9-7-8(18-11(9)16)10-12(19-7)22-15(4,5)21-10;1-4-13(2,3)12(15)17-10-8-6-5-7-9(8)16-11(10)14;10-9-8-6-2-1-5(3-6)7(8)4-11-9;1-5-7(2,3)6(8)9-4;;;;;;;;/h7-12H,5-6H2,1-4H3;7-10,12H,6H2,1-5H3;8-10H,4-7H2,1-3H3;5-8H,1-4H2;5H2,1-4H3;8*1H4. The molecule has 89 heavy (non-hydrogen) atoms. The fourth-order valence-electron chi connectivity index (χ4n) is 12.9. The van der Waals surface area contributed by atoms with Crippen LogP contribution < -0.4 is 0 Å². The number of carbonyl (C=O) groups excluding carboxylic acids is 9. The fourth-order valence-corrected chi connectivity index (χ4v) is 12.9. The van der Waals surface area contributed by atoms with Crippen LogP contribution >= 0.6 is 0 Å². The second-order valence-corrected chi connectivity index (χ2v) is 26.7. The molecule has 5 aliphatic carbocycles. The first-order valence-electron chi connectivity index (χ1n) is 29.4. The quantitative estimate of drug-likeness (QED) is 0.130. The minimum absolute atomic E-state index is 0. The van der Waals surface area contributed by atoms with Crippen molar-refractivity contribution in [3.63, 3.8) is 0 Å². The van der Waals surface area contributed by atoms with Gasteiger partial charge in [-0.05, 0) is 152 Å². The summed E-state index contributed by atoms with van der Waals surface area (Å²) in [4.78, 5) is 106. The zero-order valence-electron chi connectivity index (χ0n) is 50.5. The van der Waals surface area contributed by atoms with Gasteiger partial charge in [-0.3, -0.25) is 33.6 Å². The van der Waals surface area contributed by atoms with Gasteiger partial charge < -0.3 is 56.8 Å². The number of hydrogen-bond acceptors (Lipinski definition) is 21. The lowest BCUT2D eigenvalue weighted by molar-refractivity contribution is -0.217. The lowest BCUT2D eigenvalue weighted by Crippen LogP contribution is -2.45. The number of fused-ring (bicyclic) bond motifs is 10. The van der Waals surface area contributed by atoms with Crippen molar-refractivity contribution in [1.82, 2.24) is 0 Å². The van der Waals surface area contributed by atoms with Crippen molar-refractivity contribution in [3.05, 3.63) is 0 Å². The summed E-state index contributed by atoms with van der Waals surface area (Å²) in [5.74, 6) is -2.27. The van der Waals surface area contributed by atoms with E-state index in [1.165, 1.54) is 33.5 Å². The van der Waals surface area contributed by atoms with E-state index in [4.69, 9.17) is 52.1 Å². The number of ether oxygens (including phenoxy) is 12. The van der Waals surface area contributed by atoms with Crippen LogP contribution in [-0.4, -0.2) is 135 Å². The van der Waals surface area contributed by atoms with Crippen molar-refractivity contribution >= 4 is 53.7 Å². The molecule has 21 nitrogen and oxygen atoms in total. The van der Waals surface area contributed by atoms with Gasteiger partial charge in [-0.25, -0.2) is 9.59 Å². The number of rotatable bonds is 12. The van der Waals surface area contributed by atoms with Gasteiger partial charge in [0.05, 0.1) is 60.2 Å². The van der Waals surface area contributed by atoms with E-state index in [1.54, 1.807) is 27.7 Å². The molecule has 0 spiro atoms. The molecule has 0 amide bonds. The molecule has 18 unspecified atom stereocenters. The molecule has 520 valence electrons. The molecule has 0 N–H and O–H groups in total. The molecule has 6 aliphatic heterocycles. The van der Waals surface area contributed by atoms with E-state index in [-0.39, 0.29) is 125 Å². The van der Waals surface area contributed by atoms with Crippen LogP contribution in [-0.2, 0) is 100.0 Å². The molecule has 6 heterocycles. The van der Waals surface area contributed by atoms with Crippen molar-refractivity contribution in [2.45, 2.75) is 288 Å². The highest BCUT2D eigenvalue weighted by Gasteiger charge is 2.70. The van der Waals surface area contributed by atoms with Crippen molar-refractivity contribution in [2.24, 2.45) is 74.9 Å². The van der Waals surface area contributed by atoms with E-state index in [9.17, 15) is 43.2 Å². The molecule has 5 saturated carbocycles. The highest BCUT2D eigenvalue weighted by atomic mass is 16.9. The largest absolute Gasteiger partial charge is 0.469 e. The highest BCUT2D eigenvalue weighted by Crippen LogP contribution is 2.59. The van der Waals surface area contributed by atoms with Crippen LogP contribution in [0.1, 0.15) is 227 Å². The van der Waals surface area contributed by atoms with Crippen LogP contribution in [0.25, 0.3) is 0 Å². The molecule has 11 fully saturated rings. The molecule has 11 aliphatic rings. The third kappa shape index (κ3) is 17.4. The molecule has 18 atom stereocenters. The highest BCUT2D eigenvalue weighted by molar-refractivity contribution is 5.87. The second kappa shape index (κ2) is 33.1. The number of hydrogen-bond donors (Lipinski definition) is 0. The monoisotopic (exact) mass is 1270 g/mol. The third-order valence-corrected chi connectivity index (χ3v) is 19.6. The summed E-state index contributed by atoms with van der Waals surface area (Å²) in [6.07, 6.45) is 5.17. The number of esters is 9. The molecule has 6 saturated heterocycles. The Labute approximate surface area is 535 Å². The summed E-state index contributed by atoms with van der Waals surface area (Å²) in [6.45, 7) is 26.6. The molecular weight excluding hydrogens is 1150 g/mol. The van der Waals surface area contributed by atoms with Gasteiger partial charge in [0.1, 0.15) is 24.4 Å². The molecule has 0 aromatic carbocycles. The van der Waals surface area contributed by atoms with Gasteiger partial charge in [0, 0.05) is 23.7 Å². The summed E-state index contributed by atoms with van der Waals surface area (Å²) >= 11 is 0. The van der Waals surface area contributed by atoms with Crippen LogP contribution in [0.5, 0.6) is 0 Å². The molecular formula is C68H122O21. The summed E-state index contributed by atoms with van der Waals surface area (Å²) in [7, 11) is 2.73. The van der Waals surface area contributed by atoms with Gasteiger partial charge in [0.25, 0.3) is 0 Å². The van der Waals surface area contributed by atoms with E-state index in [1.807, 2.05) is 69.2 Å². The lowest BCUT2D eigenvalue weighted by atomic mass is 9.78. The molecule has 4 bridgehead atoms. The summed E-state index contributed by atoms with van der Waals surface area (Å²) < 4.78 is 63.9. The maximum absolute atomic E-state index is 12.4. The van der Waals surface area contributed by atoms with Gasteiger partial charge in [0.15, 0.2) is 24.3 Å². The van der Waals surface area contributed by atoms with Gasteiger partial charge in [0.2, 0.25) is 12.2 Å². The minimum Gasteiger partial charge on any atom is -0.469 e. The molecule has 0 aromatic rings. The SMILES string of the molecule is C.C.C.C.C.C.C.C.CCC(C)(C)C(=O)OC.CCC(C)(C)C(=O)OC1C(=O)OC2C3OC(C)(C)OC3OC12.CCC(C)(C)C(=O)OC1C(=O)OC2CCCC21.CCC(C)(C)C(=O)OC1C2CC3C1OC(=O)C3C2C(=O)OC.O=C1OCC2C3CCC(C3)C12. The van der Waals surface area contributed by atoms with E-state index < -0.39 is 101 Å². The average Bonchev–Trinajstić information content (AvgIpc) is 1.58. The Balaban J connectivity index is 0. The topological polar surface area (TPSA) is 264 Å². The predicted octanol–water partition coefficient (Wildman–Crippen LogP) is 12.4. The Morgan fingerprint density at radius 3 is 1.48 bits per heavy atom. The molecule has 21 heteroatoms. The first-order valence-corrected chi connectivity index (χ1v) is 29.4. The van der Waals surface area contributed by atoms with Crippen molar-refractivity contribution in [1.29, 1.82) is 0 Å². The minimum atomic E-state index is -1.07. The van der Waals surface area contributed by atoms with Crippen molar-refractivity contribution in [3.8, 4) is 0 Å². The molecule has 0 radical (unpaired) electrons. The Morgan fingerprint density at radius 2 is 0.978 bits per heavy atom. The summed E-state index contributed by atoms with van der Waals surface area (Å²) in [6, 6.07) is 0. The van der Waals surface area contributed by atoms with Gasteiger partial charge >= 0.3 is 53.7 Å². The van der Waals surface area contributed by atoms with Gasteiger partial charge in [-0.2, -0.15) is 0 Å². The first kappa shape index (κ1) is 86.2. The van der Waals surface area contributed by atoms with Crippen molar-refractivity contribution < 1.29 is 100.0 Å². The van der Waals surface area contributed by atoms with E-state index in [0.29, 0.717) is 43.4 Å². The Morgan fingerprint density at radius 1 is 0.483 bits per heavy atom. The zero-order chi connectivity index (χ0) is 60.1. The third-order valence-electron chi connectivity index (χ3n) is 19.6. The van der Waals surface area contributed by atoms with Gasteiger partial charge in [-0.15, -0.1) is 0 Å².